The van der Waals surface area contributed by atoms with Crippen LogP contribution in [0.5, 0.6) is 0 Å². The van der Waals surface area contributed by atoms with Crippen LogP contribution in [0.3, 0.4) is 0 Å². The summed E-state index contributed by atoms with van der Waals surface area (Å²) in [6, 6.07) is 12.5. The number of carbonyl (C=O) groups excluding carboxylic acids is 2. The number of rotatable bonds is 7. The maximum absolute atomic E-state index is 12.6. The van der Waals surface area contributed by atoms with E-state index in [1.165, 1.54) is 12.1 Å². The van der Waals surface area contributed by atoms with Gasteiger partial charge in [-0.25, -0.2) is 0 Å². The molecule has 27 heavy (non-hydrogen) atoms. The van der Waals surface area contributed by atoms with Gasteiger partial charge in [-0.3, -0.25) is 9.59 Å². The van der Waals surface area contributed by atoms with Gasteiger partial charge in [-0.05, 0) is 49.2 Å². The SMILES string of the molecule is Cc1cccc(C(=O)NC(C(=O)Nc2ccc(SC(F)F)cc2)C(C)C)c1. The fourth-order valence-corrected chi connectivity index (χ4v) is 2.98. The number of anilines is 1. The van der Waals surface area contributed by atoms with Gasteiger partial charge >= 0.3 is 0 Å². The van der Waals surface area contributed by atoms with E-state index in [9.17, 15) is 18.4 Å². The van der Waals surface area contributed by atoms with Gasteiger partial charge in [-0.1, -0.05) is 43.3 Å². The molecule has 0 fully saturated rings. The minimum absolute atomic E-state index is 0.132. The summed E-state index contributed by atoms with van der Waals surface area (Å²) >= 11 is 0.441. The number of carbonyl (C=O) groups is 2. The fraction of sp³-hybridized carbons (Fsp3) is 0.300. The van der Waals surface area contributed by atoms with Gasteiger partial charge in [0.1, 0.15) is 6.04 Å². The molecule has 2 aromatic rings. The summed E-state index contributed by atoms with van der Waals surface area (Å²) in [5.41, 5.74) is 1.92. The molecule has 0 aliphatic heterocycles. The molecule has 0 saturated carbocycles. The average molecular weight is 392 g/mol. The lowest BCUT2D eigenvalue weighted by Gasteiger charge is -2.22. The van der Waals surface area contributed by atoms with Gasteiger partial charge in [0.25, 0.3) is 11.7 Å². The molecule has 2 amide bonds. The highest BCUT2D eigenvalue weighted by Crippen LogP contribution is 2.26. The summed E-state index contributed by atoms with van der Waals surface area (Å²) in [5, 5.41) is 5.48. The van der Waals surface area contributed by atoms with E-state index in [0.29, 0.717) is 27.9 Å². The monoisotopic (exact) mass is 392 g/mol. The molecule has 2 N–H and O–H groups in total. The van der Waals surface area contributed by atoms with Gasteiger partial charge in [0.15, 0.2) is 0 Å². The molecule has 0 aromatic heterocycles. The molecule has 0 aliphatic rings. The van der Waals surface area contributed by atoms with E-state index in [4.69, 9.17) is 0 Å². The van der Waals surface area contributed by atoms with Crippen molar-refractivity contribution in [1.29, 1.82) is 0 Å². The first-order valence-corrected chi connectivity index (χ1v) is 9.37. The molecule has 7 heteroatoms. The molecular weight excluding hydrogens is 370 g/mol. The maximum Gasteiger partial charge on any atom is 0.288 e. The van der Waals surface area contributed by atoms with Crippen LogP contribution in [-0.4, -0.2) is 23.6 Å². The van der Waals surface area contributed by atoms with E-state index in [-0.39, 0.29) is 17.7 Å². The summed E-state index contributed by atoms with van der Waals surface area (Å²) in [7, 11) is 0. The molecule has 2 rings (SSSR count). The third-order valence-corrected chi connectivity index (χ3v) is 4.59. The first kappa shape index (κ1) is 20.9. The number of aryl methyl sites for hydroxylation is 1. The zero-order valence-electron chi connectivity index (χ0n) is 15.3. The Morgan fingerprint density at radius 1 is 1.04 bits per heavy atom. The molecule has 0 saturated heterocycles. The summed E-state index contributed by atoms with van der Waals surface area (Å²) < 4.78 is 24.7. The van der Waals surface area contributed by atoms with Crippen LogP contribution >= 0.6 is 11.8 Å². The second-order valence-corrected chi connectivity index (χ2v) is 7.52. The van der Waals surface area contributed by atoms with Gasteiger partial charge in [-0.15, -0.1) is 0 Å². The Labute approximate surface area is 161 Å². The first-order chi connectivity index (χ1) is 12.8. The molecule has 0 aliphatic carbocycles. The van der Waals surface area contributed by atoms with Crippen molar-refractivity contribution in [3.63, 3.8) is 0 Å². The van der Waals surface area contributed by atoms with Crippen molar-refractivity contribution in [2.75, 3.05) is 5.32 Å². The first-order valence-electron chi connectivity index (χ1n) is 8.49. The quantitative estimate of drug-likeness (QED) is 0.672. The minimum atomic E-state index is -2.49. The highest BCUT2D eigenvalue weighted by atomic mass is 32.2. The zero-order valence-corrected chi connectivity index (χ0v) is 16.1. The van der Waals surface area contributed by atoms with Crippen LogP contribution < -0.4 is 10.6 Å². The van der Waals surface area contributed by atoms with Crippen molar-refractivity contribution < 1.29 is 18.4 Å². The van der Waals surface area contributed by atoms with E-state index >= 15 is 0 Å². The standard InChI is InChI=1S/C20H22F2N2O2S/c1-12(2)17(24-18(25)14-6-4-5-13(3)11-14)19(26)23-15-7-9-16(10-8-15)27-20(21)22/h4-12,17,20H,1-3H3,(H,23,26)(H,24,25). The number of thioether (sulfide) groups is 1. The van der Waals surface area contributed by atoms with Gasteiger partial charge in [0.2, 0.25) is 5.91 Å². The molecule has 2 aromatic carbocycles. The number of alkyl halides is 2. The van der Waals surface area contributed by atoms with Crippen LogP contribution in [-0.2, 0) is 4.79 Å². The molecule has 4 nitrogen and oxygen atoms in total. The van der Waals surface area contributed by atoms with E-state index in [0.717, 1.165) is 5.56 Å². The number of nitrogens with one attached hydrogen (secondary N) is 2. The number of hydrogen-bond donors (Lipinski definition) is 2. The summed E-state index contributed by atoms with van der Waals surface area (Å²) in [6.45, 7) is 5.56. The van der Waals surface area contributed by atoms with E-state index in [1.54, 1.807) is 30.3 Å². The Morgan fingerprint density at radius 3 is 2.26 bits per heavy atom. The number of halogens is 2. The third kappa shape index (κ3) is 6.36. The number of benzene rings is 2. The largest absolute Gasteiger partial charge is 0.340 e. The normalized spacial score (nSPS) is 12.1. The minimum Gasteiger partial charge on any atom is -0.340 e. The van der Waals surface area contributed by atoms with E-state index < -0.39 is 11.8 Å². The summed E-state index contributed by atoms with van der Waals surface area (Å²) in [4.78, 5) is 25.5. The zero-order chi connectivity index (χ0) is 20.0. The molecule has 0 spiro atoms. The van der Waals surface area contributed by atoms with Gasteiger partial charge < -0.3 is 10.6 Å². The smallest absolute Gasteiger partial charge is 0.288 e. The van der Waals surface area contributed by atoms with Crippen molar-refractivity contribution in [2.24, 2.45) is 5.92 Å². The average Bonchev–Trinajstić information content (AvgIpc) is 2.60. The van der Waals surface area contributed by atoms with Crippen LogP contribution in [0.4, 0.5) is 14.5 Å². The van der Waals surface area contributed by atoms with Crippen molar-refractivity contribution in [1.82, 2.24) is 5.32 Å². The molecule has 1 atom stereocenters. The number of amides is 2. The summed E-state index contributed by atoms with van der Waals surface area (Å²) in [5.74, 6) is -3.31. The topological polar surface area (TPSA) is 58.2 Å². The van der Waals surface area contributed by atoms with Gasteiger partial charge in [0.05, 0.1) is 0 Å². The number of hydrogen-bond acceptors (Lipinski definition) is 3. The van der Waals surface area contributed by atoms with Crippen molar-refractivity contribution in [3.8, 4) is 0 Å². The Balaban J connectivity index is 2.05. The van der Waals surface area contributed by atoms with E-state index in [2.05, 4.69) is 10.6 Å². The Kier molecular flexibility index (Phi) is 7.36. The van der Waals surface area contributed by atoms with Gasteiger partial charge in [0, 0.05) is 16.1 Å². The van der Waals surface area contributed by atoms with Crippen LogP contribution in [0.2, 0.25) is 0 Å². The maximum atomic E-state index is 12.6. The molecule has 0 bridgehead atoms. The highest BCUT2D eigenvalue weighted by molar-refractivity contribution is 7.99. The predicted molar refractivity (Wildman–Crippen MR) is 104 cm³/mol. The fourth-order valence-electron chi connectivity index (χ4n) is 2.49. The molecule has 0 heterocycles. The molecule has 0 radical (unpaired) electrons. The lowest BCUT2D eigenvalue weighted by atomic mass is 10.0. The second kappa shape index (κ2) is 9.50. The molecular formula is C20H22F2N2O2S. The Bertz CT molecular complexity index is 795. The Morgan fingerprint density at radius 2 is 1.70 bits per heavy atom. The van der Waals surface area contributed by atoms with Crippen molar-refractivity contribution in [3.05, 3.63) is 59.7 Å². The summed E-state index contributed by atoms with van der Waals surface area (Å²) in [6.07, 6.45) is 0. The Hall–Kier alpha value is -2.41. The predicted octanol–water partition coefficient (Wildman–Crippen LogP) is 4.70. The van der Waals surface area contributed by atoms with Crippen LogP contribution in [0, 0.1) is 12.8 Å². The lowest BCUT2D eigenvalue weighted by Crippen LogP contribution is -2.47. The van der Waals surface area contributed by atoms with Gasteiger partial charge in [-0.2, -0.15) is 8.78 Å². The van der Waals surface area contributed by atoms with Crippen LogP contribution in [0.1, 0.15) is 29.8 Å². The second-order valence-electron chi connectivity index (χ2n) is 6.46. The van der Waals surface area contributed by atoms with E-state index in [1.807, 2.05) is 26.8 Å². The van der Waals surface area contributed by atoms with Crippen molar-refractivity contribution >= 4 is 29.3 Å². The van der Waals surface area contributed by atoms with Crippen LogP contribution in [0.25, 0.3) is 0 Å². The van der Waals surface area contributed by atoms with Crippen LogP contribution in [0.15, 0.2) is 53.4 Å². The molecule has 144 valence electrons. The highest BCUT2D eigenvalue weighted by Gasteiger charge is 2.25. The third-order valence-electron chi connectivity index (χ3n) is 3.86. The van der Waals surface area contributed by atoms with Crippen molar-refractivity contribution in [2.45, 2.75) is 37.5 Å². The molecule has 1 unspecified atom stereocenters. The lowest BCUT2D eigenvalue weighted by molar-refractivity contribution is -0.118.